The molecule has 0 spiro atoms. The topological polar surface area (TPSA) is 82.7 Å². The van der Waals surface area contributed by atoms with Gasteiger partial charge in [-0.1, -0.05) is 24.3 Å². The van der Waals surface area contributed by atoms with E-state index in [-0.39, 0.29) is 18.8 Å². The van der Waals surface area contributed by atoms with Crippen LogP contribution in [0.15, 0.2) is 42.5 Å². The van der Waals surface area contributed by atoms with E-state index in [0.29, 0.717) is 30.9 Å². The maximum Gasteiger partial charge on any atom is 0.119 e. The first kappa shape index (κ1) is 19.9. The molecule has 1 heterocycles. The van der Waals surface area contributed by atoms with Gasteiger partial charge in [0.15, 0.2) is 0 Å². The van der Waals surface area contributed by atoms with E-state index in [1.54, 1.807) is 0 Å². The van der Waals surface area contributed by atoms with E-state index >= 15 is 0 Å². The van der Waals surface area contributed by atoms with Gasteiger partial charge in [-0.2, -0.15) is 5.26 Å². The molecule has 3 atom stereocenters. The third-order valence-electron chi connectivity index (χ3n) is 5.88. The first-order valence-electron chi connectivity index (χ1n) is 10.4. The Morgan fingerprint density at radius 2 is 1.90 bits per heavy atom. The molecule has 2 aromatic rings. The van der Waals surface area contributed by atoms with Crippen LogP contribution < -0.4 is 4.74 Å². The Kier molecular flexibility index (Phi) is 6.15. The highest BCUT2D eigenvalue weighted by atomic mass is 16.5. The Morgan fingerprint density at radius 3 is 2.55 bits per heavy atom. The molecule has 0 amide bonds. The molecule has 2 fully saturated rings. The van der Waals surface area contributed by atoms with Crippen LogP contribution in [0.25, 0.3) is 0 Å². The Bertz CT molecular complexity index is 869. The van der Waals surface area contributed by atoms with Gasteiger partial charge in [-0.25, -0.2) is 0 Å². The summed E-state index contributed by atoms with van der Waals surface area (Å²) in [5.41, 5.74) is 3.61. The van der Waals surface area contributed by atoms with Gasteiger partial charge in [0, 0.05) is 12.8 Å². The Morgan fingerprint density at radius 1 is 1.10 bits per heavy atom. The zero-order chi connectivity index (χ0) is 20.2. The highest BCUT2D eigenvalue weighted by molar-refractivity contribution is 5.44. The van der Waals surface area contributed by atoms with E-state index in [9.17, 15) is 15.5 Å². The van der Waals surface area contributed by atoms with Crippen molar-refractivity contribution in [1.82, 2.24) is 0 Å². The van der Waals surface area contributed by atoms with Crippen molar-refractivity contribution in [3.63, 3.8) is 0 Å². The maximum atomic E-state index is 10.1. The van der Waals surface area contributed by atoms with Gasteiger partial charge < -0.3 is 19.7 Å². The standard InChI is InChI=1S/C24H27NO4/c25-14-18-7-6-17(24-13-20(27)12-23(15-26)29-24)11-19(18)10-16-4-8-22(9-5-16)28-21-2-1-3-21/h4-9,11,20-21,23-24,26-27H,1-3,10,12-13,15H2. The molecule has 0 bridgehead atoms. The minimum atomic E-state index is -0.492. The van der Waals surface area contributed by atoms with Crippen molar-refractivity contribution in [2.45, 2.75) is 62.9 Å². The van der Waals surface area contributed by atoms with Crippen molar-refractivity contribution in [2.24, 2.45) is 0 Å². The summed E-state index contributed by atoms with van der Waals surface area (Å²) in [6.45, 7) is -0.105. The number of benzene rings is 2. The zero-order valence-electron chi connectivity index (χ0n) is 16.5. The second-order valence-corrected chi connectivity index (χ2v) is 8.07. The first-order chi connectivity index (χ1) is 14.1. The number of hydrogen-bond donors (Lipinski definition) is 2. The monoisotopic (exact) mass is 393 g/mol. The van der Waals surface area contributed by atoms with Crippen LogP contribution in [0.1, 0.15) is 60.5 Å². The van der Waals surface area contributed by atoms with Crippen molar-refractivity contribution >= 4 is 0 Å². The van der Waals surface area contributed by atoms with Crippen molar-refractivity contribution < 1.29 is 19.7 Å². The summed E-state index contributed by atoms with van der Waals surface area (Å²) in [7, 11) is 0. The number of hydrogen-bond acceptors (Lipinski definition) is 5. The number of nitriles is 1. The molecule has 2 aromatic carbocycles. The highest BCUT2D eigenvalue weighted by Crippen LogP contribution is 2.33. The second-order valence-electron chi connectivity index (χ2n) is 8.07. The van der Waals surface area contributed by atoms with Gasteiger partial charge in [0.1, 0.15) is 5.75 Å². The lowest BCUT2D eigenvalue weighted by molar-refractivity contribution is -0.113. The van der Waals surface area contributed by atoms with Crippen LogP contribution in [0.4, 0.5) is 0 Å². The maximum absolute atomic E-state index is 10.1. The molecule has 5 heteroatoms. The summed E-state index contributed by atoms with van der Waals surface area (Å²) < 4.78 is 11.8. The van der Waals surface area contributed by atoms with Crippen LogP contribution in [0.3, 0.4) is 0 Å². The average Bonchev–Trinajstić information content (AvgIpc) is 2.71. The quantitative estimate of drug-likeness (QED) is 0.783. The minimum absolute atomic E-state index is 0.105. The molecule has 4 rings (SSSR count). The lowest BCUT2D eigenvalue weighted by Crippen LogP contribution is -2.33. The van der Waals surface area contributed by atoms with Crippen LogP contribution in [-0.2, 0) is 11.2 Å². The second kappa shape index (κ2) is 8.96. The molecule has 1 saturated heterocycles. The van der Waals surface area contributed by atoms with Crippen LogP contribution in [0.2, 0.25) is 0 Å². The van der Waals surface area contributed by atoms with Gasteiger partial charge in [0.25, 0.3) is 0 Å². The van der Waals surface area contributed by atoms with Gasteiger partial charge in [-0.05, 0) is 60.6 Å². The lowest BCUT2D eigenvalue weighted by atomic mass is 9.92. The fourth-order valence-corrected chi connectivity index (χ4v) is 3.98. The lowest BCUT2D eigenvalue weighted by Gasteiger charge is -2.32. The van der Waals surface area contributed by atoms with E-state index in [4.69, 9.17) is 9.47 Å². The Balaban J connectivity index is 1.50. The van der Waals surface area contributed by atoms with E-state index < -0.39 is 6.10 Å². The number of rotatable bonds is 6. The Labute approximate surface area is 171 Å². The van der Waals surface area contributed by atoms with Gasteiger partial charge in [0.2, 0.25) is 0 Å². The van der Waals surface area contributed by atoms with Crippen molar-refractivity contribution in [3.05, 3.63) is 64.7 Å². The van der Waals surface area contributed by atoms with Gasteiger partial charge in [0.05, 0.1) is 42.7 Å². The fourth-order valence-electron chi connectivity index (χ4n) is 3.98. The van der Waals surface area contributed by atoms with Crippen molar-refractivity contribution in [2.75, 3.05) is 6.61 Å². The van der Waals surface area contributed by atoms with Crippen LogP contribution in [0, 0.1) is 11.3 Å². The summed E-state index contributed by atoms with van der Waals surface area (Å²) >= 11 is 0. The van der Waals surface area contributed by atoms with Crippen molar-refractivity contribution in [3.8, 4) is 11.8 Å². The normalized spacial score (nSPS) is 24.5. The molecule has 1 aliphatic carbocycles. The van der Waals surface area contributed by atoms with Crippen molar-refractivity contribution in [1.29, 1.82) is 5.26 Å². The smallest absolute Gasteiger partial charge is 0.119 e. The highest BCUT2D eigenvalue weighted by Gasteiger charge is 2.29. The van der Waals surface area contributed by atoms with Gasteiger partial charge >= 0.3 is 0 Å². The van der Waals surface area contributed by atoms with E-state index in [1.807, 2.05) is 42.5 Å². The van der Waals surface area contributed by atoms with Gasteiger partial charge in [-0.15, -0.1) is 0 Å². The van der Waals surface area contributed by atoms with E-state index in [2.05, 4.69) is 6.07 Å². The predicted octanol–water partition coefficient (Wildman–Crippen LogP) is 3.65. The summed E-state index contributed by atoms with van der Waals surface area (Å²) in [5.74, 6) is 0.896. The summed E-state index contributed by atoms with van der Waals surface area (Å²) in [6.07, 6.45) is 4.33. The predicted molar refractivity (Wildman–Crippen MR) is 109 cm³/mol. The average molecular weight is 393 g/mol. The van der Waals surface area contributed by atoms with Crippen LogP contribution in [0.5, 0.6) is 5.75 Å². The summed E-state index contributed by atoms with van der Waals surface area (Å²) in [5, 5.41) is 29.0. The Hall–Kier alpha value is -2.39. The SMILES string of the molecule is N#Cc1ccc(C2CC(O)CC(CO)O2)cc1Cc1ccc(OC2CCC2)cc1. The molecular weight excluding hydrogens is 366 g/mol. The molecule has 1 aliphatic heterocycles. The summed E-state index contributed by atoms with van der Waals surface area (Å²) in [4.78, 5) is 0. The third kappa shape index (κ3) is 4.79. The molecule has 2 N–H and O–H groups in total. The fraction of sp³-hybridized carbons (Fsp3) is 0.458. The summed E-state index contributed by atoms with van der Waals surface area (Å²) in [6, 6.07) is 16.1. The molecule has 3 unspecified atom stereocenters. The molecule has 0 aromatic heterocycles. The van der Waals surface area contributed by atoms with E-state index in [1.165, 1.54) is 6.42 Å². The molecular formula is C24H27NO4. The van der Waals surface area contributed by atoms with Gasteiger partial charge in [-0.3, -0.25) is 0 Å². The minimum Gasteiger partial charge on any atom is -0.490 e. The number of ether oxygens (including phenoxy) is 2. The number of nitrogens with zero attached hydrogens (tertiary/aromatic N) is 1. The van der Waals surface area contributed by atoms with Crippen LogP contribution in [-0.4, -0.2) is 35.1 Å². The van der Waals surface area contributed by atoms with Crippen LogP contribution >= 0.6 is 0 Å². The largest absolute Gasteiger partial charge is 0.490 e. The first-order valence-corrected chi connectivity index (χ1v) is 10.4. The number of aliphatic hydroxyl groups is 2. The molecule has 5 nitrogen and oxygen atoms in total. The molecule has 152 valence electrons. The number of aliphatic hydroxyl groups excluding tert-OH is 2. The molecule has 1 saturated carbocycles. The third-order valence-corrected chi connectivity index (χ3v) is 5.88. The molecule has 29 heavy (non-hydrogen) atoms. The van der Waals surface area contributed by atoms with E-state index in [0.717, 1.165) is 35.3 Å². The molecule has 0 radical (unpaired) electrons. The zero-order valence-corrected chi connectivity index (χ0v) is 16.5. The molecule has 2 aliphatic rings.